The van der Waals surface area contributed by atoms with Crippen LogP contribution in [0.1, 0.15) is 33.2 Å². The maximum absolute atomic E-state index is 5.88. The Kier molecular flexibility index (Phi) is 3.78. The quantitative estimate of drug-likeness (QED) is 0.919. The molecule has 15 heavy (non-hydrogen) atoms. The Morgan fingerprint density at radius 2 is 2.27 bits per heavy atom. The molecule has 0 amide bonds. The third-order valence-electron chi connectivity index (χ3n) is 2.54. The summed E-state index contributed by atoms with van der Waals surface area (Å²) in [7, 11) is 1.72. The van der Waals surface area contributed by atoms with Gasteiger partial charge in [0, 0.05) is 7.11 Å². The largest absolute Gasteiger partial charge is 0.383 e. The Hall–Kier alpha value is -0.550. The van der Waals surface area contributed by atoms with Gasteiger partial charge >= 0.3 is 0 Å². The molecule has 0 aliphatic carbocycles. The smallest absolute Gasteiger partial charge is 0.136 e. The van der Waals surface area contributed by atoms with Gasteiger partial charge in [-0.1, -0.05) is 0 Å². The van der Waals surface area contributed by atoms with Crippen molar-refractivity contribution in [3.8, 4) is 0 Å². The second-order valence-electron chi connectivity index (χ2n) is 4.34. The summed E-state index contributed by atoms with van der Waals surface area (Å²) in [5, 5.41) is 4.22. The van der Waals surface area contributed by atoms with Crippen molar-refractivity contribution < 1.29 is 4.74 Å². The number of rotatable bonds is 4. The van der Waals surface area contributed by atoms with Crippen LogP contribution in [0.4, 0.5) is 5.82 Å². The fourth-order valence-corrected chi connectivity index (χ4v) is 1.86. The van der Waals surface area contributed by atoms with Crippen molar-refractivity contribution in [1.82, 2.24) is 9.78 Å². The van der Waals surface area contributed by atoms with Gasteiger partial charge in [0.25, 0.3) is 0 Å². The van der Waals surface area contributed by atoms with Gasteiger partial charge in [-0.05, 0) is 43.1 Å². The molecule has 0 saturated carbocycles. The molecule has 0 aliphatic heterocycles. The minimum absolute atomic E-state index is 0.162. The molecule has 0 aromatic carbocycles. The van der Waals surface area contributed by atoms with Crippen molar-refractivity contribution in [3.05, 3.63) is 10.7 Å². The predicted octanol–water partition coefficient (Wildman–Crippen LogP) is 2.60. The van der Waals surface area contributed by atoms with Gasteiger partial charge in [-0.2, -0.15) is 5.10 Å². The fraction of sp³-hybridized carbons (Fsp3) is 0.700. The van der Waals surface area contributed by atoms with Crippen LogP contribution in [0.25, 0.3) is 0 Å². The molecule has 0 radical (unpaired) electrons. The van der Waals surface area contributed by atoms with Crippen molar-refractivity contribution in [2.24, 2.45) is 0 Å². The van der Waals surface area contributed by atoms with E-state index in [0.717, 1.165) is 10.9 Å². The van der Waals surface area contributed by atoms with Crippen LogP contribution >= 0.6 is 15.9 Å². The van der Waals surface area contributed by atoms with Crippen molar-refractivity contribution in [3.63, 3.8) is 0 Å². The highest BCUT2D eigenvalue weighted by molar-refractivity contribution is 9.10. The molecule has 5 heteroatoms. The molecule has 0 spiro atoms. The number of nitrogen functional groups attached to an aromatic ring is 1. The van der Waals surface area contributed by atoms with Gasteiger partial charge in [-0.15, -0.1) is 0 Å². The maximum Gasteiger partial charge on any atom is 0.136 e. The summed E-state index contributed by atoms with van der Waals surface area (Å²) >= 11 is 3.34. The zero-order valence-corrected chi connectivity index (χ0v) is 11.2. The van der Waals surface area contributed by atoms with Gasteiger partial charge in [0.15, 0.2) is 0 Å². The zero-order valence-electron chi connectivity index (χ0n) is 9.62. The molecule has 4 nitrogen and oxygen atoms in total. The van der Waals surface area contributed by atoms with Crippen LogP contribution in [0.5, 0.6) is 0 Å². The van der Waals surface area contributed by atoms with Crippen LogP contribution in [0.3, 0.4) is 0 Å². The molecule has 1 rings (SSSR count). The first-order valence-electron chi connectivity index (χ1n) is 4.91. The lowest BCUT2D eigenvalue weighted by Gasteiger charge is -2.27. The summed E-state index contributed by atoms with van der Waals surface area (Å²) in [6.07, 6.45) is 2.58. The van der Waals surface area contributed by atoms with E-state index in [4.69, 9.17) is 10.5 Å². The Morgan fingerprint density at radius 3 is 2.67 bits per heavy atom. The van der Waals surface area contributed by atoms with Crippen molar-refractivity contribution in [2.75, 3.05) is 12.8 Å². The van der Waals surface area contributed by atoms with Gasteiger partial charge < -0.3 is 10.5 Å². The highest BCUT2D eigenvalue weighted by Gasteiger charge is 2.22. The van der Waals surface area contributed by atoms with E-state index in [-0.39, 0.29) is 11.6 Å². The zero-order chi connectivity index (χ0) is 11.6. The Morgan fingerprint density at radius 1 is 1.67 bits per heavy atom. The molecule has 1 unspecified atom stereocenters. The molecule has 0 bridgehead atoms. The van der Waals surface area contributed by atoms with Crippen molar-refractivity contribution in [1.29, 1.82) is 0 Å². The molecular weight excluding hydrogens is 258 g/mol. The molecule has 1 aromatic rings. The van der Waals surface area contributed by atoms with Crippen molar-refractivity contribution >= 4 is 21.7 Å². The number of nitrogens with zero attached hydrogens (tertiary/aromatic N) is 2. The van der Waals surface area contributed by atoms with Gasteiger partial charge in [-0.25, -0.2) is 4.68 Å². The number of methoxy groups -OCH3 is 1. The summed E-state index contributed by atoms with van der Waals surface area (Å²) in [6.45, 7) is 6.19. The normalized spacial score (nSPS) is 14.2. The first kappa shape index (κ1) is 12.5. The summed E-state index contributed by atoms with van der Waals surface area (Å²) < 4.78 is 8.03. The van der Waals surface area contributed by atoms with Gasteiger partial charge in [-0.3, -0.25) is 0 Å². The SMILES string of the molecule is COC(C)(C)CC(C)n1ncc(Br)c1N. The number of halogens is 1. The molecule has 1 heterocycles. The summed E-state index contributed by atoms with van der Waals surface area (Å²) in [5.41, 5.74) is 5.71. The van der Waals surface area contributed by atoms with Crippen molar-refractivity contribution in [2.45, 2.75) is 38.8 Å². The molecule has 0 aliphatic rings. The molecule has 86 valence electrons. The number of hydrogen-bond donors (Lipinski definition) is 1. The monoisotopic (exact) mass is 275 g/mol. The van der Waals surface area contributed by atoms with E-state index < -0.39 is 0 Å². The molecule has 1 atom stereocenters. The number of anilines is 1. The standard InChI is InChI=1S/C10H18BrN3O/c1-7(5-10(2,3)15-4)14-9(12)8(11)6-13-14/h6-7H,5,12H2,1-4H3. The minimum Gasteiger partial charge on any atom is -0.383 e. The Labute approximate surface area is 98.9 Å². The lowest BCUT2D eigenvalue weighted by Crippen LogP contribution is -2.27. The third-order valence-corrected chi connectivity index (χ3v) is 3.16. The van der Waals surface area contributed by atoms with E-state index in [1.54, 1.807) is 13.3 Å². The topological polar surface area (TPSA) is 53.1 Å². The van der Waals surface area contributed by atoms with Crippen LogP contribution in [0.15, 0.2) is 10.7 Å². The van der Waals surface area contributed by atoms with E-state index in [2.05, 4.69) is 41.8 Å². The average molecular weight is 276 g/mol. The lowest BCUT2D eigenvalue weighted by molar-refractivity contribution is 0.00443. The molecular formula is C10H18BrN3O. The van der Waals surface area contributed by atoms with Gasteiger partial charge in [0.2, 0.25) is 0 Å². The van der Waals surface area contributed by atoms with Crippen LogP contribution < -0.4 is 5.73 Å². The Balaban J connectivity index is 2.77. The number of ether oxygens (including phenoxy) is 1. The summed E-state index contributed by atoms with van der Waals surface area (Å²) in [4.78, 5) is 0. The summed E-state index contributed by atoms with van der Waals surface area (Å²) in [6, 6.07) is 0.214. The fourth-order valence-electron chi connectivity index (χ4n) is 1.58. The number of nitrogens with two attached hydrogens (primary N) is 1. The second-order valence-corrected chi connectivity index (χ2v) is 5.19. The van der Waals surface area contributed by atoms with Gasteiger partial charge in [0.05, 0.1) is 22.3 Å². The van der Waals surface area contributed by atoms with Gasteiger partial charge in [0.1, 0.15) is 5.82 Å². The maximum atomic E-state index is 5.88. The molecule has 0 fully saturated rings. The van der Waals surface area contributed by atoms with Crippen LogP contribution in [0, 0.1) is 0 Å². The van der Waals surface area contributed by atoms with E-state index >= 15 is 0 Å². The summed E-state index contributed by atoms with van der Waals surface area (Å²) in [5.74, 6) is 0.661. The van der Waals surface area contributed by atoms with E-state index in [1.807, 2.05) is 4.68 Å². The molecule has 1 aromatic heterocycles. The molecule has 2 N–H and O–H groups in total. The predicted molar refractivity (Wildman–Crippen MR) is 64.8 cm³/mol. The Bertz CT molecular complexity index is 335. The van der Waals surface area contributed by atoms with Crippen LogP contribution in [0.2, 0.25) is 0 Å². The highest BCUT2D eigenvalue weighted by Crippen LogP contribution is 2.27. The van der Waals surface area contributed by atoms with E-state index in [1.165, 1.54) is 0 Å². The molecule has 0 saturated heterocycles. The lowest BCUT2D eigenvalue weighted by atomic mass is 10.00. The third kappa shape index (κ3) is 2.95. The second kappa shape index (κ2) is 4.53. The van der Waals surface area contributed by atoms with E-state index in [9.17, 15) is 0 Å². The van der Waals surface area contributed by atoms with Crippen LogP contribution in [-0.2, 0) is 4.74 Å². The minimum atomic E-state index is -0.162. The number of hydrogen-bond acceptors (Lipinski definition) is 3. The van der Waals surface area contributed by atoms with Crippen LogP contribution in [-0.4, -0.2) is 22.5 Å². The first-order chi connectivity index (χ1) is 6.87. The first-order valence-corrected chi connectivity index (χ1v) is 5.70. The number of aromatic nitrogens is 2. The van der Waals surface area contributed by atoms with E-state index in [0.29, 0.717) is 5.82 Å². The average Bonchev–Trinajstić information content (AvgIpc) is 2.47. The highest BCUT2D eigenvalue weighted by atomic mass is 79.9.